The summed E-state index contributed by atoms with van der Waals surface area (Å²) in [4.78, 5) is 32.5. The summed E-state index contributed by atoms with van der Waals surface area (Å²) < 4.78 is 13.8. The van der Waals surface area contributed by atoms with E-state index in [9.17, 15) is 9.90 Å². The summed E-state index contributed by atoms with van der Waals surface area (Å²) in [6.45, 7) is 7.58. The van der Waals surface area contributed by atoms with Crippen molar-refractivity contribution in [3.8, 4) is 0 Å². The Kier molecular flexibility index (Phi) is 13.0. The average molecular weight is 312 g/mol. The lowest BCUT2D eigenvalue weighted by Gasteiger charge is -2.09. The highest BCUT2D eigenvalue weighted by Crippen LogP contribution is 2.25. The monoisotopic (exact) mass is 312 g/mol. The molecule has 1 atom stereocenters. The van der Waals surface area contributed by atoms with Gasteiger partial charge in [0.1, 0.15) is 0 Å². The summed E-state index contributed by atoms with van der Waals surface area (Å²) in [5, 5.41) is 9.50. The van der Waals surface area contributed by atoms with Crippen LogP contribution in [0.5, 0.6) is 0 Å². The van der Waals surface area contributed by atoms with Gasteiger partial charge in [0.2, 0.25) is 0 Å². The molecule has 0 fully saturated rings. The highest BCUT2D eigenvalue weighted by atomic mass is 31.2. The van der Waals surface area contributed by atoms with Gasteiger partial charge in [-0.1, -0.05) is 26.3 Å². The molecule has 0 aliphatic carbocycles. The molecule has 0 aliphatic rings. The number of carbonyl (C=O) groups excluding carboxylic acids is 1. The van der Waals surface area contributed by atoms with Gasteiger partial charge in [0, 0.05) is 5.57 Å². The van der Waals surface area contributed by atoms with Crippen molar-refractivity contribution >= 4 is 13.8 Å². The van der Waals surface area contributed by atoms with E-state index in [-0.39, 0.29) is 12.1 Å². The Morgan fingerprint density at radius 2 is 1.70 bits per heavy atom. The summed E-state index contributed by atoms with van der Waals surface area (Å²) >= 11 is 0. The third kappa shape index (κ3) is 22.5. The Morgan fingerprint density at radius 1 is 1.25 bits per heavy atom. The second-order valence-electron chi connectivity index (χ2n) is 4.37. The van der Waals surface area contributed by atoms with Crippen molar-refractivity contribution in [2.45, 2.75) is 52.1 Å². The van der Waals surface area contributed by atoms with Crippen molar-refractivity contribution in [3.05, 3.63) is 12.2 Å². The van der Waals surface area contributed by atoms with Gasteiger partial charge in [0.25, 0.3) is 0 Å². The molecule has 0 bridgehead atoms. The second kappa shape index (κ2) is 12.1. The topological polar surface area (TPSA) is 124 Å². The first-order valence-electron chi connectivity index (χ1n) is 6.36. The highest BCUT2D eigenvalue weighted by Gasteiger charge is 2.05. The Hall–Kier alpha value is -0.720. The molecule has 120 valence electrons. The van der Waals surface area contributed by atoms with E-state index in [0.29, 0.717) is 25.0 Å². The predicted octanol–water partition coefficient (Wildman–Crippen LogP) is 1.51. The van der Waals surface area contributed by atoms with Gasteiger partial charge in [0.15, 0.2) is 0 Å². The Morgan fingerprint density at radius 3 is 2.10 bits per heavy atom. The van der Waals surface area contributed by atoms with Gasteiger partial charge in [-0.2, -0.15) is 0 Å². The number of hydrogen-bond acceptors (Lipinski definition) is 4. The quantitative estimate of drug-likeness (QED) is 0.232. The second-order valence-corrected chi connectivity index (χ2v) is 5.39. The van der Waals surface area contributed by atoms with E-state index in [0.717, 1.165) is 19.3 Å². The van der Waals surface area contributed by atoms with Crippen molar-refractivity contribution in [2.75, 3.05) is 6.61 Å². The molecule has 0 aliphatic heterocycles. The van der Waals surface area contributed by atoms with Crippen LogP contribution in [-0.4, -0.2) is 38.5 Å². The zero-order valence-electron chi connectivity index (χ0n) is 12.0. The fourth-order valence-electron chi connectivity index (χ4n) is 1.19. The summed E-state index contributed by atoms with van der Waals surface area (Å²) in [5.74, 6) is -0.349. The lowest BCUT2D eigenvalue weighted by Crippen LogP contribution is -2.10. The number of ether oxygens (including phenoxy) is 1. The van der Waals surface area contributed by atoms with E-state index < -0.39 is 7.82 Å². The number of esters is 1. The van der Waals surface area contributed by atoms with Gasteiger partial charge < -0.3 is 24.5 Å². The van der Waals surface area contributed by atoms with Crippen LogP contribution in [-0.2, 0) is 14.1 Å². The predicted molar refractivity (Wildman–Crippen MR) is 74.8 cm³/mol. The van der Waals surface area contributed by atoms with Crippen LogP contribution in [0.4, 0.5) is 0 Å². The van der Waals surface area contributed by atoms with Crippen LogP contribution < -0.4 is 0 Å². The molecule has 8 heteroatoms. The standard InChI is InChI=1S/C12H22O3.H3O4P/c1-4-5-7-11(13)8-6-9-15-12(14)10(2)3;1-5(2,3)4/h11,13H,2,4-9H2,1,3H3;(H3,1,2,3,4). The molecular formula is C12H25O7P. The fourth-order valence-corrected chi connectivity index (χ4v) is 1.19. The van der Waals surface area contributed by atoms with Crippen LogP contribution in [0.3, 0.4) is 0 Å². The highest BCUT2D eigenvalue weighted by molar-refractivity contribution is 7.45. The van der Waals surface area contributed by atoms with Crippen LogP contribution in [0.1, 0.15) is 46.0 Å². The number of aliphatic hydroxyl groups excluding tert-OH is 1. The minimum atomic E-state index is -4.64. The lowest BCUT2D eigenvalue weighted by molar-refractivity contribution is -0.139. The van der Waals surface area contributed by atoms with E-state index in [1.807, 2.05) is 0 Å². The minimum absolute atomic E-state index is 0.256. The molecule has 0 spiro atoms. The number of carbonyl (C=O) groups is 1. The average Bonchev–Trinajstić information content (AvgIpc) is 2.29. The van der Waals surface area contributed by atoms with Gasteiger partial charge in [0.05, 0.1) is 12.7 Å². The van der Waals surface area contributed by atoms with E-state index in [1.54, 1.807) is 6.92 Å². The number of rotatable bonds is 8. The minimum Gasteiger partial charge on any atom is -0.462 e. The summed E-state index contributed by atoms with van der Waals surface area (Å²) in [7, 11) is -4.64. The maximum Gasteiger partial charge on any atom is 0.466 e. The number of unbranched alkanes of at least 4 members (excludes halogenated alkanes) is 1. The van der Waals surface area contributed by atoms with Crippen LogP contribution in [0.25, 0.3) is 0 Å². The van der Waals surface area contributed by atoms with Crippen LogP contribution in [0, 0.1) is 0 Å². The molecule has 7 nitrogen and oxygen atoms in total. The van der Waals surface area contributed by atoms with Gasteiger partial charge in [-0.3, -0.25) is 0 Å². The third-order valence-electron chi connectivity index (χ3n) is 2.15. The molecule has 0 amide bonds. The molecule has 0 aromatic rings. The molecule has 4 N–H and O–H groups in total. The largest absolute Gasteiger partial charge is 0.466 e. The first-order chi connectivity index (χ1) is 9.07. The molecule has 0 saturated heterocycles. The third-order valence-corrected chi connectivity index (χ3v) is 2.15. The normalized spacial score (nSPS) is 12.1. The van der Waals surface area contributed by atoms with E-state index in [1.165, 1.54) is 0 Å². The molecule has 0 saturated carbocycles. The molecule has 0 aromatic heterocycles. The first kappa shape index (κ1) is 21.6. The van der Waals surface area contributed by atoms with E-state index in [2.05, 4.69) is 13.5 Å². The van der Waals surface area contributed by atoms with E-state index >= 15 is 0 Å². The molecule has 0 radical (unpaired) electrons. The SMILES string of the molecule is C=C(C)C(=O)OCCCC(O)CCCC.O=P(O)(O)O. The van der Waals surface area contributed by atoms with Crippen molar-refractivity contribution in [1.82, 2.24) is 0 Å². The number of aliphatic hydroxyl groups is 1. The zero-order chi connectivity index (χ0) is 16.2. The molecular weight excluding hydrogens is 287 g/mol. The van der Waals surface area contributed by atoms with Crippen LogP contribution >= 0.6 is 7.82 Å². The summed E-state index contributed by atoms with van der Waals surface area (Å²) in [6.07, 6.45) is 4.14. The van der Waals surface area contributed by atoms with Crippen molar-refractivity contribution in [1.29, 1.82) is 0 Å². The summed E-state index contributed by atoms with van der Waals surface area (Å²) in [6, 6.07) is 0. The smallest absolute Gasteiger partial charge is 0.462 e. The van der Waals surface area contributed by atoms with Crippen molar-refractivity contribution in [2.24, 2.45) is 0 Å². The lowest BCUT2D eigenvalue weighted by atomic mass is 10.1. The Bertz CT molecular complexity index is 316. The van der Waals surface area contributed by atoms with Crippen molar-refractivity contribution in [3.63, 3.8) is 0 Å². The molecule has 1 unspecified atom stereocenters. The maximum atomic E-state index is 11.0. The maximum absolute atomic E-state index is 11.0. The molecule has 0 rings (SSSR count). The van der Waals surface area contributed by atoms with Gasteiger partial charge in [-0.05, 0) is 26.2 Å². The number of hydrogen-bond donors (Lipinski definition) is 4. The first-order valence-corrected chi connectivity index (χ1v) is 7.93. The molecule has 0 aromatic carbocycles. The van der Waals surface area contributed by atoms with Crippen LogP contribution in [0.2, 0.25) is 0 Å². The van der Waals surface area contributed by atoms with Gasteiger partial charge >= 0.3 is 13.8 Å². The molecule has 0 heterocycles. The van der Waals surface area contributed by atoms with Gasteiger partial charge in [-0.15, -0.1) is 0 Å². The number of phosphoric acid groups is 1. The molecule has 20 heavy (non-hydrogen) atoms. The van der Waals surface area contributed by atoms with Crippen LogP contribution in [0.15, 0.2) is 12.2 Å². The fraction of sp³-hybridized carbons (Fsp3) is 0.750. The Balaban J connectivity index is 0. The van der Waals surface area contributed by atoms with E-state index in [4.69, 9.17) is 24.0 Å². The summed E-state index contributed by atoms with van der Waals surface area (Å²) in [5.41, 5.74) is 0.418. The van der Waals surface area contributed by atoms with Gasteiger partial charge in [-0.25, -0.2) is 9.36 Å². The van der Waals surface area contributed by atoms with Crippen molar-refractivity contribution < 1.29 is 33.9 Å². The Labute approximate surface area is 119 Å². The zero-order valence-corrected chi connectivity index (χ0v) is 12.9.